The molecule has 0 aliphatic carbocycles. The van der Waals surface area contributed by atoms with Crippen molar-refractivity contribution in [3.05, 3.63) is 52.8 Å². The van der Waals surface area contributed by atoms with Crippen molar-refractivity contribution in [3.8, 4) is 0 Å². The molecule has 0 radical (unpaired) electrons. The average Bonchev–Trinajstić information content (AvgIpc) is 2.56. The van der Waals surface area contributed by atoms with Crippen LogP contribution in [0.4, 0.5) is 24.5 Å². The molecular weight excluding hydrogens is 355 g/mol. The summed E-state index contributed by atoms with van der Waals surface area (Å²) in [4.78, 5) is 18.1. The largest absolute Gasteiger partial charge is 0.416 e. The first-order valence-corrected chi connectivity index (χ1v) is 8.03. The van der Waals surface area contributed by atoms with Crippen molar-refractivity contribution in [2.45, 2.75) is 20.0 Å². The Morgan fingerprint density at radius 1 is 1.24 bits per heavy atom. The minimum Gasteiger partial charge on any atom is -0.370 e. The van der Waals surface area contributed by atoms with Crippen molar-refractivity contribution in [3.63, 3.8) is 0 Å². The number of nitrogens with zero attached hydrogens (tertiary/aromatic N) is 2. The van der Waals surface area contributed by atoms with Gasteiger partial charge in [-0.3, -0.25) is 4.79 Å². The van der Waals surface area contributed by atoms with E-state index in [1.807, 2.05) is 18.7 Å². The van der Waals surface area contributed by atoms with Gasteiger partial charge in [0.1, 0.15) is 5.15 Å². The third-order valence-corrected chi connectivity index (χ3v) is 3.98. The number of aromatic nitrogens is 1. The second-order valence-corrected chi connectivity index (χ2v) is 5.56. The molecule has 4 nitrogen and oxygen atoms in total. The van der Waals surface area contributed by atoms with E-state index >= 15 is 0 Å². The topological polar surface area (TPSA) is 45.2 Å². The molecule has 1 amide bonds. The maximum atomic E-state index is 13.0. The highest BCUT2D eigenvalue weighted by atomic mass is 35.5. The van der Waals surface area contributed by atoms with Crippen LogP contribution < -0.4 is 10.2 Å². The van der Waals surface area contributed by atoms with Gasteiger partial charge in [-0.2, -0.15) is 13.2 Å². The van der Waals surface area contributed by atoms with Gasteiger partial charge in [-0.25, -0.2) is 4.98 Å². The van der Waals surface area contributed by atoms with Crippen LogP contribution in [0.5, 0.6) is 0 Å². The minimum atomic E-state index is -4.51. The third-order valence-electron chi connectivity index (χ3n) is 3.68. The van der Waals surface area contributed by atoms with E-state index in [0.717, 1.165) is 12.1 Å². The number of rotatable bonds is 5. The molecule has 0 spiro atoms. The van der Waals surface area contributed by atoms with Crippen LogP contribution >= 0.6 is 11.6 Å². The zero-order chi connectivity index (χ0) is 18.6. The number of alkyl halides is 3. The first-order valence-electron chi connectivity index (χ1n) is 7.66. The number of amides is 1. The fourth-order valence-corrected chi connectivity index (χ4v) is 2.60. The summed E-state index contributed by atoms with van der Waals surface area (Å²) in [7, 11) is 0. The Morgan fingerprint density at radius 2 is 1.92 bits per heavy atom. The Kier molecular flexibility index (Phi) is 5.89. The van der Waals surface area contributed by atoms with Crippen molar-refractivity contribution in [1.29, 1.82) is 0 Å². The summed E-state index contributed by atoms with van der Waals surface area (Å²) in [5, 5.41) is 2.51. The lowest BCUT2D eigenvalue weighted by Crippen LogP contribution is -2.24. The van der Waals surface area contributed by atoms with E-state index in [9.17, 15) is 18.0 Å². The van der Waals surface area contributed by atoms with Gasteiger partial charge in [0.05, 0.1) is 22.5 Å². The number of carbonyl (C=O) groups is 1. The smallest absolute Gasteiger partial charge is 0.370 e. The minimum absolute atomic E-state index is 0.0173. The lowest BCUT2D eigenvalue weighted by molar-refractivity contribution is -0.137. The van der Waals surface area contributed by atoms with E-state index < -0.39 is 17.6 Å². The fraction of sp³-hybridized carbons (Fsp3) is 0.294. The summed E-state index contributed by atoms with van der Waals surface area (Å²) >= 11 is 5.88. The van der Waals surface area contributed by atoms with Gasteiger partial charge in [0.2, 0.25) is 0 Å². The molecule has 1 N–H and O–H groups in total. The number of hydrogen-bond donors (Lipinski definition) is 1. The van der Waals surface area contributed by atoms with Gasteiger partial charge < -0.3 is 10.2 Å². The highest BCUT2D eigenvalue weighted by molar-refractivity contribution is 6.33. The van der Waals surface area contributed by atoms with E-state index in [0.29, 0.717) is 18.8 Å². The standard InChI is InChI=1S/C17H17ClF3N3O/c1-3-24(4-2)14-8-7-11(17(19,20)21)10-13(14)23-16(25)12-6-5-9-22-15(12)18/h5-10H,3-4H2,1-2H3,(H,23,25). The van der Waals surface area contributed by atoms with Crippen molar-refractivity contribution in [2.24, 2.45) is 0 Å². The Morgan fingerprint density at radius 3 is 2.48 bits per heavy atom. The number of anilines is 2. The number of pyridine rings is 1. The summed E-state index contributed by atoms with van der Waals surface area (Å²) in [5.74, 6) is -0.620. The second-order valence-electron chi connectivity index (χ2n) is 5.20. The molecule has 0 bridgehead atoms. The Balaban J connectivity index is 2.45. The van der Waals surface area contributed by atoms with Crippen molar-refractivity contribution < 1.29 is 18.0 Å². The van der Waals surface area contributed by atoms with Gasteiger partial charge in [0.25, 0.3) is 5.91 Å². The molecule has 1 aromatic heterocycles. The van der Waals surface area contributed by atoms with Crippen LogP contribution in [0.3, 0.4) is 0 Å². The first-order chi connectivity index (χ1) is 11.8. The summed E-state index contributed by atoms with van der Waals surface area (Å²) in [5.41, 5.74) is -0.169. The quantitative estimate of drug-likeness (QED) is 0.764. The van der Waals surface area contributed by atoms with Gasteiger partial charge in [-0.05, 0) is 44.2 Å². The van der Waals surface area contributed by atoms with E-state index in [4.69, 9.17) is 11.6 Å². The molecule has 8 heteroatoms. The maximum absolute atomic E-state index is 13.0. The maximum Gasteiger partial charge on any atom is 0.416 e. The van der Waals surface area contributed by atoms with Gasteiger partial charge in [-0.1, -0.05) is 11.6 Å². The molecule has 0 saturated carbocycles. The number of hydrogen-bond acceptors (Lipinski definition) is 3. The zero-order valence-electron chi connectivity index (χ0n) is 13.7. The van der Waals surface area contributed by atoms with Crippen LogP contribution in [0.1, 0.15) is 29.8 Å². The van der Waals surface area contributed by atoms with Crippen molar-refractivity contribution in [2.75, 3.05) is 23.3 Å². The number of benzene rings is 1. The third kappa shape index (κ3) is 4.42. The van der Waals surface area contributed by atoms with Gasteiger partial charge >= 0.3 is 6.18 Å². The molecule has 1 heterocycles. The summed E-state index contributed by atoms with van der Waals surface area (Å²) in [6, 6.07) is 6.26. The van der Waals surface area contributed by atoms with E-state index in [2.05, 4.69) is 10.3 Å². The molecule has 0 aliphatic heterocycles. The molecule has 0 unspecified atom stereocenters. The van der Waals surface area contributed by atoms with Crippen LogP contribution in [-0.4, -0.2) is 24.0 Å². The predicted molar refractivity (Wildman–Crippen MR) is 92.2 cm³/mol. The van der Waals surface area contributed by atoms with Crippen LogP contribution in [0.25, 0.3) is 0 Å². The Labute approximate surface area is 148 Å². The first kappa shape index (κ1) is 19.1. The van der Waals surface area contributed by atoms with Gasteiger partial charge in [0.15, 0.2) is 0 Å². The lowest BCUT2D eigenvalue weighted by Gasteiger charge is -2.25. The molecule has 2 aromatic rings. The average molecular weight is 372 g/mol. The Bertz CT molecular complexity index is 761. The zero-order valence-corrected chi connectivity index (χ0v) is 14.4. The number of halogens is 4. The molecular formula is C17H17ClF3N3O. The van der Waals surface area contributed by atoms with Crippen molar-refractivity contribution >= 4 is 28.9 Å². The molecule has 2 rings (SSSR count). The SMILES string of the molecule is CCN(CC)c1ccc(C(F)(F)F)cc1NC(=O)c1cccnc1Cl. The van der Waals surface area contributed by atoms with Crippen LogP contribution in [0, 0.1) is 0 Å². The monoisotopic (exact) mass is 371 g/mol. The lowest BCUT2D eigenvalue weighted by atomic mass is 10.1. The molecule has 1 aromatic carbocycles. The summed E-state index contributed by atoms with van der Waals surface area (Å²) in [6.45, 7) is 4.92. The van der Waals surface area contributed by atoms with E-state index in [-0.39, 0.29) is 16.4 Å². The molecule has 0 aliphatic rings. The summed E-state index contributed by atoms with van der Waals surface area (Å²) in [6.07, 6.45) is -3.09. The molecule has 0 atom stereocenters. The highest BCUT2D eigenvalue weighted by Gasteiger charge is 2.31. The van der Waals surface area contributed by atoms with Gasteiger partial charge in [-0.15, -0.1) is 0 Å². The molecule has 25 heavy (non-hydrogen) atoms. The molecule has 134 valence electrons. The van der Waals surface area contributed by atoms with Gasteiger partial charge in [0, 0.05) is 19.3 Å². The van der Waals surface area contributed by atoms with Crippen LogP contribution in [-0.2, 0) is 6.18 Å². The van der Waals surface area contributed by atoms with Crippen LogP contribution in [0.2, 0.25) is 5.15 Å². The molecule has 0 fully saturated rings. The number of nitrogens with one attached hydrogen (secondary N) is 1. The van der Waals surface area contributed by atoms with E-state index in [1.165, 1.54) is 24.4 Å². The van der Waals surface area contributed by atoms with Crippen molar-refractivity contribution in [1.82, 2.24) is 4.98 Å². The predicted octanol–water partition coefficient (Wildman–Crippen LogP) is 4.85. The fourth-order valence-electron chi connectivity index (χ4n) is 2.40. The number of carbonyl (C=O) groups excluding carboxylic acids is 1. The normalized spacial score (nSPS) is 11.3. The summed E-state index contributed by atoms with van der Waals surface area (Å²) < 4.78 is 39.1. The van der Waals surface area contributed by atoms with Crippen LogP contribution in [0.15, 0.2) is 36.5 Å². The van der Waals surface area contributed by atoms with E-state index in [1.54, 1.807) is 0 Å². The Hall–Kier alpha value is -2.28. The second kappa shape index (κ2) is 7.74. The molecule has 0 saturated heterocycles. The highest BCUT2D eigenvalue weighted by Crippen LogP contribution is 2.35.